The van der Waals surface area contributed by atoms with E-state index in [0.29, 0.717) is 4.21 Å². The van der Waals surface area contributed by atoms with Crippen LogP contribution in [0.1, 0.15) is 0 Å². The lowest BCUT2D eigenvalue weighted by Crippen LogP contribution is -1.92. The van der Waals surface area contributed by atoms with Crippen molar-refractivity contribution in [2.45, 2.75) is 4.21 Å². The zero-order chi connectivity index (χ0) is 13.6. The SMILES string of the molecule is CS(=O)(=O)c1ccc(-n2cnc3ccc(Br)cc32)s1. The largest absolute Gasteiger partial charge is 0.290 e. The third-order valence-corrected chi connectivity index (χ3v) is 6.08. The van der Waals surface area contributed by atoms with Crippen LogP contribution in [0.4, 0.5) is 0 Å². The number of halogens is 1. The standard InChI is InChI=1S/C12H9BrN2O2S2/c1-19(16,17)12-5-4-11(18-12)15-7-14-9-3-2-8(13)6-10(9)15/h2-7H,1H3. The molecular weight excluding hydrogens is 348 g/mol. The molecule has 0 spiro atoms. The number of imidazole rings is 1. The quantitative estimate of drug-likeness (QED) is 0.708. The summed E-state index contributed by atoms with van der Waals surface area (Å²) in [5.41, 5.74) is 1.81. The average molecular weight is 357 g/mol. The van der Waals surface area contributed by atoms with Crippen LogP contribution < -0.4 is 0 Å². The van der Waals surface area contributed by atoms with Crippen molar-refractivity contribution < 1.29 is 8.42 Å². The summed E-state index contributed by atoms with van der Waals surface area (Å²) >= 11 is 4.67. The molecule has 7 heteroatoms. The third-order valence-electron chi connectivity index (χ3n) is 2.68. The summed E-state index contributed by atoms with van der Waals surface area (Å²) in [4.78, 5) is 4.31. The summed E-state index contributed by atoms with van der Waals surface area (Å²) in [6, 6.07) is 9.22. The van der Waals surface area contributed by atoms with Gasteiger partial charge in [-0.1, -0.05) is 15.9 Å². The van der Waals surface area contributed by atoms with Crippen molar-refractivity contribution in [3.8, 4) is 5.00 Å². The second kappa shape index (κ2) is 4.43. The number of sulfone groups is 1. The van der Waals surface area contributed by atoms with Crippen LogP contribution in [0, 0.1) is 0 Å². The van der Waals surface area contributed by atoms with Crippen molar-refractivity contribution in [1.82, 2.24) is 9.55 Å². The molecule has 98 valence electrons. The van der Waals surface area contributed by atoms with E-state index in [4.69, 9.17) is 0 Å². The van der Waals surface area contributed by atoms with E-state index in [-0.39, 0.29) is 0 Å². The Bertz CT molecular complexity index is 865. The van der Waals surface area contributed by atoms with Gasteiger partial charge in [-0.15, -0.1) is 11.3 Å². The minimum absolute atomic E-state index is 0.361. The summed E-state index contributed by atoms with van der Waals surface area (Å²) in [6.45, 7) is 0. The lowest BCUT2D eigenvalue weighted by Gasteiger charge is -2.00. The van der Waals surface area contributed by atoms with E-state index in [1.54, 1.807) is 18.5 Å². The number of hydrogen-bond acceptors (Lipinski definition) is 4. The second-order valence-electron chi connectivity index (χ2n) is 4.11. The van der Waals surface area contributed by atoms with Gasteiger partial charge in [0.25, 0.3) is 0 Å². The Kier molecular flexibility index (Phi) is 2.99. The number of thiophene rings is 1. The van der Waals surface area contributed by atoms with Crippen molar-refractivity contribution in [2.75, 3.05) is 6.26 Å². The van der Waals surface area contributed by atoms with E-state index < -0.39 is 9.84 Å². The maximum atomic E-state index is 11.5. The van der Waals surface area contributed by atoms with Gasteiger partial charge in [-0.3, -0.25) is 4.57 Å². The molecule has 19 heavy (non-hydrogen) atoms. The van der Waals surface area contributed by atoms with Crippen LogP contribution in [-0.4, -0.2) is 24.2 Å². The predicted octanol–water partition coefficient (Wildman–Crippen LogP) is 3.25. The lowest BCUT2D eigenvalue weighted by atomic mass is 10.3. The zero-order valence-corrected chi connectivity index (χ0v) is 13.1. The van der Waals surface area contributed by atoms with Crippen molar-refractivity contribution in [3.05, 3.63) is 41.1 Å². The van der Waals surface area contributed by atoms with E-state index in [9.17, 15) is 8.42 Å². The summed E-state index contributed by atoms with van der Waals surface area (Å²) in [5, 5.41) is 0.834. The van der Waals surface area contributed by atoms with Gasteiger partial charge >= 0.3 is 0 Å². The molecule has 3 rings (SSSR count). The van der Waals surface area contributed by atoms with Crippen LogP contribution in [-0.2, 0) is 9.84 Å². The molecule has 0 unspecified atom stereocenters. The minimum Gasteiger partial charge on any atom is -0.290 e. The van der Waals surface area contributed by atoms with Gasteiger partial charge in [0.2, 0.25) is 0 Å². The first-order chi connectivity index (χ1) is 8.95. The Morgan fingerprint density at radius 3 is 2.74 bits per heavy atom. The summed E-state index contributed by atoms with van der Waals surface area (Å²) in [6.07, 6.45) is 2.92. The van der Waals surface area contributed by atoms with Gasteiger partial charge in [0, 0.05) is 10.7 Å². The Morgan fingerprint density at radius 1 is 1.26 bits per heavy atom. The number of benzene rings is 1. The number of hydrogen-bond donors (Lipinski definition) is 0. The highest BCUT2D eigenvalue weighted by molar-refractivity contribution is 9.10. The van der Waals surface area contributed by atoms with Crippen LogP contribution >= 0.6 is 27.3 Å². The molecule has 0 atom stereocenters. The first kappa shape index (κ1) is 12.8. The zero-order valence-electron chi connectivity index (χ0n) is 9.87. The highest BCUT2D eigenvalue weighted by Crippen LogP contribution is 2.28. The van der Waals surface area contributed by atoms with Crippen LogP contribution in [0.5, 0.6) is 0 Å². The number of fused-ring (bicyclic) bond motifs is 1. The maximum Gasteiger partial charge on any atom is 0.184 e. The van der Waals surface area contributed by atoms with E-state index >= 15 is 0 Å². The summed E-state index contributed by atoms with van der Waals surface area (Å²) < 4.78 is 26.2. The molecule has 2 heterocycles. The number of rotatable bonds is 2. The summed E-state index contributed by atoms with van der Waals surface area (Å²) in [5.74, 6) is 0. The molecule has 0 bridgehead atoms. The fraction of sp³-hybridized carbons (Fsp3) is 0.0833. The van der Waals surface area contributed by atoms with E-state index in [2.05, 4.69) is 20.9 Å². The fourth-order valence-electron chi connectivity index (χ4n) is 1.80. The van der Waals surface area contributed by atoms with Crippen molar-refractivity contribution >= 4 is 48.1 Å². The second-order valence-corrected chi connectivity index (χ2v) is 8.33. The smallest absolute Gasteiger partial charge is 0.184 e. The first-order valence-corrected chi connectivity index (χ1v) is 8.88. The van der Waals surface area contributed by atoms with Crippen molar-refractivity contribution in [2.24, 2.45) is 0 Å². The van der Waals surface area contributed by atoms with Crippen molar-refractivity contribution in [1.29, 1.82) is 0 Å². The molecule has 1 aromatic carbocycles. The molecule has 0 saturated heterocycles. The Morgan fingerprint density at radius 2 is 2.05 bits per heavy atom. The van der Waals surface area contributed by atoms with Crippen LogP contribution in [0.15, 0.2) is 45.3 Å². The Labute approximate surface area is 122 Å². The minimum atomic E-state index is -3.16. The molecule has 3 aromatic rings. The molecular formula is C12H9BrN2O2S2. The van der Waals surface area contributed by atoms with Crippen LogP contribution in [0.25, 0.3) is 16.0 Å². The summed E-state index contributed by atoms with van der Waals surface area (Å²) in [7, 11) is -3.16. The lowest BCUT2D eigenvalue weighted by molar-refractivity contribution is 0.604. The van der Waals surface area contributed by atoms with Gasteiger partial charge in [-0.25, -0.2) is 13.4 Å². The molecule has 0 aliphatic carbocycles. The van der Waals surface area contributed by atoms with Gasteiger partial charge in [0.05, 0.1) is 11.0 Å². The number of aromatic nitrogens is 2. The monoisotopic (exact) mass is 356 g/mol. The maximum absolute atomic E-state index is 11.5. The topological polar surface area (TPSA) is 52.0 Å². The molecule has 0 saturated carbocycles. The molecule has 0 aliphatic heterocycles. The molecule has 2 aromatic heterocycles. The van der Waals surface area contributed by atoms with Gasteiger partial charge < -0.3 is 0 Å². The third kappa shape index (κ3) is 2.33. The normalized spacial score (nSPS) is 12.1. The Hall–Kier alpha value is -1.18. The van der Waals surface area contributed by atoms with Gasteiger partial charge in [-0.05, 0) is 30.3 Å². The van der Waals surface area contributed by atoms with Crippen molar-refractivity contribution in [3.63, 3.8) is 0 Å². The molecule has 0 aliphatic rings. The molecule has 0 N–H and O–H groups in total. The highest BCUT2D eigenvalue weighted by Gasteiger charge is 2.13. The van der Waals surface area contributed by atoms with Gasteiger partial charge in [0.1, 0.15) is 15.5 Å². The fourth-order valence-corrected chi connectivity index (χ4v) is 4.04. The first-order valence-electron chi connectivity index (χ1n) is 5.38. The highest BCUT2D eigenvalue weighted by atomic mass is 79.9. The predicted molar refractivity (Wildman–Crippen MR) is 79.8 cm³/mol. The molecule has 0 fully saturated rings. The van der Waals surface area contributed by atoms with Gasteiger partial charge in [0.15, 0.2) is 9.84 Å². The molecule has 0 radical (unpaired) electrons. The van der Waals surface area contributed by atoms with Gasteiger partial charge in [-0.2, -0.15) is 0 Å². The molecule has 4 nitrogen and oxygen atoms in total. The Balaban J connectivity index is 2.19. The number of nitrogens with zero attached hydrogens (tertiary/aromatic N) is 2. The van der Waals surface area contributed by atoms with E-state index in [1.807, 2.05) is 22.8 Å². The van der Waals surface area contributed by atoms with Crippen LogP contribution in [0.3, 0.4) is 0 Å². The molecule has 0 amide bonds. The van der Waals surface area contributed by atoms with E-state index in [0.717, 1.165) is 20.5 Å². The van der Waals surface area contributed by atoms with E-state index in [1.165, 1.54) is 17.6 Å². The van der Waals surface area contributed by atoms with Crippen LogP contribution in [0.2, 0.25) is 0 Å². The average Bonchev–Trinajstić information content (AvgIpc) is 2.92.